The van der Waals surface area contributed by atoms with Gasteiger partial charge in [0.15, 0.2) is 0 Å². The van der Waals surface area contributed by atoms with Gasteiger partial charge in [-0.3, -0.25) is 0 Å². The van der Waals surface area contributed by atoms with Crippen LogP contribution in [0.15, 0.2) is 12.3 Å². The summed E-state index contributed by atoms with van der Waals surface area (Å²) in [6.07, 6.45) is 4.97. The Labute approximate surface area is 101 Å². The molecular formula is C13H19NO3. The number of aromatic nitrogens is 1. The van der Waals surface area contributed by atoms with E-state index in [1.807, 2.05) is 6.07 Å². The molecule has 2 atom stereocenters. The Morgan fingerprint density at radius 1 is 1.41 bits per heavy atom. The standard InChI is InChI=1S/C13H19NO3/c15-13-3-1-2-12-11(13)4-5-14(12)8-10-9-16-6-7-17-10/h4-5,10,13,15H,1-3,6-9H2. The molecule has 0 amide bonds. The van der Waals surface area contributed by atoms with Crippen molar-refractivity contribution in [3.63, 3.8) is 0 Å². The van der Waals surface area contributed by atoms with E-state index in [0.717, 1.165) is 31.4 Å². The lowest BCUT2D eigenvalue weighted by Crippen LogP contribution is -2.32. The Balaban J connectivity index is 1.74. The van der Waals surface area contributed by atoms with Gasteiger partial charge < -0.3 is 19.1 Å². The third-order valence-corrected chi connectivity index (χ3v) is 3.65. The summed E-state index contributed by atoms with van der Waals surface area (Å²) in [6.45, 7) is 2.91. The van der Waals surface area contributed by atoms with Crippen LogP contribution in [0.25, 0.3) is 0 Å². The first-order valence-corrected chi connectivity index (χ1v) is 6.40. The van der Waals surface area contributed by atoms with Crippen LogP contribution in [-0.4, -0.2) is 35.6 Å². The molecule has 0 aromatic carbocycles. The highest BCUT2D eigenvalue weighted by Gasteiger charge is 2.23. The fourth-order valence-corrected chi connectivity index (χ4v) is 2.76. The number of hydrogen-bond acceptors (Lipinski definition) is 3. The fourth-order valence-electron chi connectivity index (χ4n) is 2.76. The number of ether oxygens (including phenoxy) is 2. The molecule has 94 valence electrons. The summed E-state index contributed by atoms with van der Waals surface area (Å²) in [5.41, 5.74) is 2.38. The SMILES string of the molecule is OC1CCCc2c1ccn2CC1COCCO1. The van der Waals surface area contributed by atoms with Gasteiger partial charge in [-0.1, -0.05) is 0 Å². The second-order valence-corrected chi connectivity index (χ2v) is 4.85. The van der Waals surface area contributed by atoms with Crippen LogP contribution in [0, 0.1) is 0 Å². The van der Waals surface area contributed by atoms with Crippen molar-refractivity contribution >= 4 is 0 Å². The van der Waals surface area contributed by atoms with Gasteiger partial charge in [0.25, 0.3) is 0 Å². The zero-order chi connectivity index (χ0) is 11.7. The van der Waals surface area contributed by atoms with Crippen LogP contribution in [0.4, 0.5) is 0 Å². The summed E-state index contributed by atoms with van der Waals surface area (Å²) in [5.74, 6) is 0. The predicted octanol–water partition coefficient (Wildman–Crippen LogP) is 1.27. The highest BCUT2D eigenvalue weighted by Crippen LogP contribution is 2.30. The first kappa shape index (κ1) is 11.3. The van der Waals surface area contributed by atoms with E-state index in [2.05, 4.69) is 10.8 Å². The molecule has 3 rings (SSSR count). The van der Waals surface area contributed by atoms with Crippen molar-refractivity contribution in [3.05, 3.63) is 23.5 Å². The molecule has 1 aromatic rings. The van der Waals surface area contributed by atoms with Crippen LogP contribution >= 0.6 is 0 Å². The average Bonchev–Trinajstić information content (AvgIpc) is 2.76. The van der Waals surface area contributed by atoms with Crippen molar-refractivity contribution in [1.29, 1.82) is 0 Å². The lowest BCUT2D eigenvalue weighted by atomic mass is 9.95. The summed E-state index contributed by atoms with van der Waals surface area (Å²) >= 11 is 0. The van der Waals surface area contributed by atoms with Gasteiger partial charge in [-0.05, 0) is 25.3 Å². The van der Waals surface area contributed by atoms with Crippen molar-refractivity contribution in [3.8, 4) is 0 Å². The normalized spacial score (nSPS) is 29.0. The van der Waals surface area contributed by atoms with Gasteiger partial charge in [0.1, 0.15) is 0 Å². The summed E-state index contributed by atoms with van der Waals surface area (Å²) in [5, 5.41) is 9.91. The van der Waals surface area contributed by atoms with Crippen LogP contribution in [0.1, 0.15) is 30.2 Å². The van der Waals surface area contributed by atoms with Gasteiger partial charge in [-0.2, -0.15) is 0 Å². The zero-order valence-electron chi connectivity index (χ0n) is 9.97. The second-order valence-electron chi connectivity index (χ2n) is 4.85. The van der Waals surface area contributed by atoms with Crippen molar-refractivity contribution in [1.82, 2.24) is 4.57 Å². The molecule has 4 nitrogen and oxygen atoms in total. The molecule has 1 aliphatic carbocycles. The topological polar surface area (TPSA) is 43.6 Å². The smallest absolute Gasteiger partial charge is 0.0987 e. The molecule has 1 aliphatic heterocycles. The van der Waals surface area contributed by atoms with Gasteiger partial charge in [-0.25, -0.2) is 0 Å². The van der Waals surface area contributed by atoms with Crippen molar-refractivity contribution < 1.29 is 14.6 Å². The van der Waals surface area contributed by atoms with E-state index in [4.69, 9.17) is 9.47 Å². The summed E-state index contributed by atoms with van der Waals surface area (Å²) < 4.78 is 13.3. The third kappa shape index (κ3) is 2.25. The molecule has 0 bridgehead atoms. The molecule has 1 aromatic heterocycles. The minimum Gasteiger partial charge on any atom is -0.388 e. The van der Waals surface area contributed by atoms with Gasteiger partial charge in [0.2, 0.25) is 0 Å². The van der Waals surface area contributed by atoms with E-state index in [-0.39, 0.29) is 12.2 Å². The number of aliphatic hydroxyl groups excluding tert-OH is 1. The minimum absolute atomic E-state index is 0.152. The Morgan fingerprint density at radius 3 is 3.18 bits per heavy atom. The number of rotatable bonds is 2. The van der Waals surface area contributed by atoms with E-state index in [1.54, 1.807) is 0 Å². The molecule has 2 aliphatic rings. The molecule has 17 heavy (non-hydrogen) atoms. The van der Waals surface area contributed by atoms with Crippen molar-refractivity contribution in [2.24, 2.45) is 0 Å². The largest absolute Gasteiger partial charge is 0.388 e. The number of nitrogens with zero attached hydrogens (tertiary/aromatic N) is 1. The van der Waals surface area contributed by atoms with E-state index in [1.165, 1.54) is 5.69 Å². The first-order chi connectivity index (χ1) is 8.34. The molecule has 0 radical (unpaired) electrons. The lowest BCUT2D eigenvalue weighted by Gasteiger charge is -2.26. The fraction of sp³-hybridized carbons (Fsp3) is 0.692. The maximum absolute atomic E-state index is 9.91. The average molecular weight is 237 g/mol. The summed E-state index contributed by atoms with van der Waals surface area (Å²) in [7, 11) is 0. The van der Waals surface area contributed by atoms with Crippen LogP contribution < -0.4 is 0 Å². The van der Waals surface area contributed by atoms with Crippen LogP contribution in [0.5, 0.6) is 0 Å². The first-order valence-electron chi connectivity index (χ1n) is 6.40. The van der Waals surface area contributed by atoms with Gasteiger partial charge in [0.05, 0.1) is 38.6 Å². The molecule has 4 heteroatoms. The second kappa shape index (κ2) is 4.80. The molecule has 2 unspecified atom stereocenters. The van der Waals surface area contributed by atoms with Gasteiger partial charge in [0, 0.05) is 17.5 Å². The van der Waals surface area contributed by atoms with Crippen molar-refractivity contribution in [2.45, 2.75) is 38.0 Å². The Morgan fingerprint density at radius 2 is 2.35 bits per heavy atom. The summed E-state index contributed by atoms with van der Waals surface area (Å²) in [4.78, 5) is 0. The number of hydrogen-bond donors (Lipinski definition) is 1. The monoisotopic (exact) mass is 237 g/mol. The molecule has 2 heterocycles. The van der Waals surface area contributed by atoms with Crippen LogP contribution in [-0.2, 0) is 22.4 Å². The Kier molecular flexibility index (Phi) is 3.18. The van der Waals surface area contributed by atoms with E-state index >= 15 is 0 Å². The van der Waals surface area contributed by atoms with Gasteiger partial charge in [-0.15, -0.1) is 0 Å². The molecule has 1 saturated heterocycles. The summed E-state index contributed by atoms with van der Waals surface area (Å²) in [6, 6.07) is 2.04. The maximum Gasteiger partial charge on any atom is 0.0987 e. The molecule has 1 N–H and O–H groups in total. The van der Waals surface area contributed by atoms with Crippen molar-refractivity contribution in [2.75, 3.05) is 19.8 Å². The highest BCUT2D eigenvalue weighted by atomic mass is 16.6. The predicted molar refractivity (Wildman–Crippen MR) is 62.9 cm³/mol. The number of fused-ring (bicyclic) bond motifs is 1. The number of aliphatic hydroxyl groups is 1. The Hall–Kier alpha value is -0.840. The molecule has 1 fully saturated rings. The van der Waals surface area contributed by atoms with Gasteiger partial charge >= 0.3 is 0 Å². The zero-order valence-corrected chi connectivity index (χ0v) is 9.97. The Bertz CT molecular complexity index is 382. The third-order valence-electron chi connectivity index (χ3n) is 3.65. The highest BCUT2D eigenvalue weighted by molar-refractivity contribution is 5.27. The van der Waals surface area contributed by atoms with Crippen LogP contribution in [0.3, 0.4) is 0 Å². The molecule has 0 saturated carbocycles. The van der Waals surface area contributed by atoms with E-state index in [0.29, 0.717) is 19.8 Å². The van der Waals surface area contributed by atoms with Crippen LogP contribution in [0.2, 0.25) is 0 Å². The molecule has 0 spiro atoms. The quantitative estimate of drug-likeness (QED) is 0.842. The minimum atomic E-state index is -0.275. The molecular weight excluding hydrogens is 218 g/mol. The van der Waals surface area contributed by atoms with E-state index < -0.39 is 0 Å². The maximum atomic E-state index is 9.91. The van der Waals surface area contributed by atoms with E-state index in [9.17, 15) is 5.11 Å². The lowest BCUT2D eigenvalue weighted by molar-refractivity contribution is -0.0938.